The third-order valence-corrected chi connectivity index (χ3v) is 1.91. The quantitative estimate of drug-likeness (QED) is 0.450. The zero-order valence-corrected chi connectivity index (χ0v) is 11.7. The van der Waals surface area contributed by atoms with Gasteiger partial charge in [-0.15, -0.1) is 0 Å². The van der Waals surface area contributed by atoms with Crippen LogP contribution in [0.3, 0.4) is 0 Å². The molecule has 0 nitrogen and oxygen atoms in total. The number of hydrogen-bond acceptors (Lipinski definition) is 0. The summed E-state index contributed by atoms with van der Waals surface area (Å²) in [6, 6.07) is 0. The van der Waals surface area contributed by atoms with E-state index >= 15 is 0 Å². The molecule has 0 heteroatoms. The molecule has 0 saturated carbocycles. The van der Waals surface area contributed by atoms with Crippen molar-refractivity contribution in [3.05, 3.63) is 0 Å². The molecule has 0 spiro atoms. The van der Waals surface area contributed by atoms with Crippen molar-refractivity contribution in [2.45, 2.75) is 92.9 Å². The van der Waals surface area contributed by atoms with E-state index in [0.29, 0.717) is 0 Å². The third kappa shape index (κ3) is 40.3. The van der Waals surface area contributed by atoms with E-state index in [2.05, 4.69) is 27.7 Å². The fourth-order valence-corrected chi connectivity index (χ4v) is 1.03. The topological polar surface area (TPSA) is 0 Å². The van der Waals surface area contributed by atoms with Crippen LogP contribution in [-0.4, -0.2) is 0 Å². The second-order valence-electron chi connectivity index (χ2n) is 3.41. The predicted molar refractivity (Wildman–Crippen MR) is 71.0 cm³/mol. The molecule has 0 unspecified atom stereocenters. The van der Waals surface area contributed by atoms with Crippen LogP contribution in [-0.2, 0) is 0 Å². The molecule has 0 aliphatic heterocycles. The maximum absolute atomic E-state index is 2.25. The molecule has 0 atom stereocenters. The molecule has 0 aromatic rings. The molecular weight excluding hydrogens is 168 g/mol. The van der Waals surface area contributed by atoms with Gasteiger partial charge in [-0.1, -0.05) is 92.9 Å². The zero-order valence-electron chi connectivity index (χ0n) is 11.7. The van der Waals surface area contributed by atoms with Crippen LogP contribution in [0.4, 0.5) is 0 Å². The van der Waals surface area contributed by atoms with Gasteiger partial charge in [-0.25, -0.2) is 0 Å². The summed E-state index contributed by atoms with van der Waals surface area (Å²) in [5, 5.41) is 0. The maximum Gasteiger partial charge on any atom is -0.0533 e. The summed E-state index contributed by atoms with van der Waals surface area (Å²) in [5.41, 5.74) is 0. The van der Waals surface area contributed by atoms with Crippen molar-refractivity contribution < 1.29 is 0 Å². The second kappa shape index (κ2) is 29.2. The summed E-state index contributed by atoms with van der Waals surface area (Å²) in [5.74, 6) is 0. The van der Waals surface area contributed by atoms with Gasteiger partial charge < -0.3 is 0 Å². The molecule has 0 heterocycles. The molecule has 0 aromatic heterocycles. The average molecular weight is 202 g/mol. The smallest absolute Gasteiger partial charge is 0.0533 e. The van der Waals surface area contributed by atoms with E-state index < -0.39 is 0 Å². The highest BCUT2D eigenvalue weighted by atomic mass is 13.9. The fourth-order valence-electron chi connectivity index (χ4n) is 1.03. The molecule has 0 amide bonds. The molecule has 0 saturated heterocycles. The van der Waals surface area contributed by atoms with Crippen molar-refractivity contribution in [2.75, 3.05) is 0 Å². The Morgan fingerprint density at radius 1 is 0.429 bits per heavy atom. The SMILES string of the molecule is CC.CCCCC.CCCCCCC. The summed E-state index contributed by atoms with van der Waals surface area (Å²) < 4.78 is 0. The van der Waals surface area contributed by atoms with Crippen LogP contribution in [0.15, 0.2) is 0 Å². The Morgan fingerprint density at radius 2 is 0.714 bits per heavy atom. The van der Waals surface area contributed by atoms with Gasteiger partial charge >= 0.3 is 0 Å². The van der Waals surface area contributed by atoms with Crippen LogP contribution in [0.5, 0.6) is 0 Å². The van der Waals surface area contributed by atoms with Gasteiger partial charge in [-0.05, 0) is 0 Å². The predicted octanol–water partition coefficient (Wildman–Crippen LogP) is 6.20. The first-order valence-corrected chi connectivity index (χ1v) is 6.83. The summed E-state index contributed by atoms with van der Waals surface area (Å²) in [4.78, 5) is 0. The van der Waals surface area contributed by atoms with Crippen LogP contribution in [0.1, 0.15) is 92.9 Å². The summed E-state index contributed by atoms with van der Waals surface area (Å²) in [6.45, 7) is 12.9. The largest absolute Gasteiger partial charge is 0.0683 e. The molecule has 0 bridgehead atoms. The lowest BCUT2D eigenvalue weighted by Gasteiger charge is -1.90. The maximum atomic E-state index is 2.25. The van der Waals surface area contributed by atoms with E-state index in [9.17, 15) is 0 Å². The van der Waals surface area contributed by atoms with E-state index in [1.165, 1.54) is 51.4 Å². The monoisotopic (exact) mass is 202 g/mol. The molecule has 0 aliphatic rings. The zero-order chi connectivity index (χ0) is 11.7. The highest BCUT2D eigenvalue weighted by Gasteiger charge is 1.80. The molecule has 0 aromatic carbocycles. The normalized spacial score (nSPS) is 8.14. The van der Waals surface area contributed by atoms with E-state index in [0.717, 1.165) is 0 Å². The minimum atomic E-state index is 1.34. The minimum absolute atomic E-state index is 1.34. The Hall–Kier alpha value is 0. The minimum Gasteiger partial charge on any atom is -0.0683 e. The van der Waals surface area contributed by atoms with Crippen LogP contribution >= 0.6 is 0 Å². The highest BCUT2D eigenvalue weighted by molar-refractivity contribution is 4.35. The molecule has 0 radical (unpaired) electrons. The Morgan fingerprint density at radius 3 is 0.857 bits per heavy atom. The molecule has 0 fully saturated rings. The molecule has 14 heavy (non-hydrogen) atoms. The Bertz CT molecular complexity index is 42.0. The van der Waals surface area contributed by atoms with Crippen molar-refractivity contribution in [1.29, 1.82) is 0 Å². The molecular formula is C14H34. The van der Waals surface area contributed by atoms with Crippen LogP contribution in [0, 0.1) is 0 Å². The standard InChI is InChI=1S/C7H16.C5H12.C2H6/c1-3-5-7-6-4-2;1-3-5-4-2;1-2/h3-7H2,1-2H3;3-5H2,1-2H3;1-2H3. The molecule has 0 aliphatic carbocycles. The lowest BCUT2D eigenvalue weighted by atomic mass is 10.2. The van der Waals surface area contributed by atoms with Crippen LogP contribution < -0.4 is 0 Å². The van der Waals surface area contributed by atoms with Gasteiger partial charge in [0.15, 0.2) is 0 Å². The van der Waals surface area contributed by atoms with Gasteiger partial charge in [0, 0.05) is 0 Å². The van der Waals surface area contributed by atoms with E-state index in [1.807, 2.05) is 13.8 Å². The Balaban J connectivity index is -0.000000152. The lowest BCUT2D eigenvalue weighted by Crippen LogP contribution is -1.70. The van der Waals surface area contributed by atoms with Crippen molar-refractivity contribution in [1.82, 2.24) is 0 Å². The first-order valence-electron chi connectivity index (χ1n) is 6.83. The first-order chi connectivity index (χ1) is 6.83. The van der Waals surface area contributed by atoms with Crippen molar-refractivity contribution in [2.24, 2.45) is 0 Å². The van der Waals surface area contributed by atoms with Gasteiger partial charge in [-0.2, -0.15) is 0 Å². The molecule has 0 rings (SSSR count). The average Bonchev–Trinajstić information content (AvgIpc) is 2.24. The highest BCUT2D eigenvalue weighted by Crippen LogP contribution is 2.00. The summed E-state index contributed by atoms with van der Waals surface area (Å²) >= 11 is 0. The fraction of sp³-hybridized carbons (Fsp3) is 1.00. The van der Waals surface area contributed by atoms with E-state index in [-0.39, 0.29) is 0 Å². The summed E-state index contributed by atoms with van der Waals surface area (Å²) in [7, 11) is 0. The Kier molecular flexibility index (Phi) is 40.9. The van der Waals surface area contributed by atoms with E-state index in [4.69, 9.17) is 0 Å². The number of rotatable bonds is 6. The van der Waals surface area contributed by atoms with Crippen LogP contribution in [0.2, 0.25) is 0 Å². The van der Waals surface area contributed by atoms with E-state index in [1.54, 1.807) is 0 Å². The van der Waals surface area contributed by atoms with Gasteiger partial charge in [0.05, 0.1) is 0 Å². The van der Waals surface area contributed by atoms with Crippen molar-refractivity contribution in [3.8, 4) is 0 Å². The van der Waals surface area contributed by atoms with Gasteiger partial charge in [0.25, 0.3) is 0 Å². The number of unbranched alkanes of at least 4 members (excludes halogenated alkanes) is 6. The number of hydrogen-bond donors (Lipinski definition) is 0. The van der Waals surface area contributed by atoms with Gasteiger partial charge in [0.2, 0.25) is 0 Å². The van der Waals surface area contributed by atoms with Crippen molar-refractivity contribution >= 4 is 0 Å². The summed E-state index contributed by atoms with van der Waals surface area (Å²) in [6.07, 6.45) is 11.1. The van der Waals surface area contributed by atoms with Crippen LogP contribution in [0.25, 0.3) is 0 Å². The Labute approximate surface area is 93.5 Å². The molecule has 0 N–H and O–H groups in total. The third-order valence-electron chi connectivity index (χ3n) is 1.91. The van der Waals surface area contributed by atoms with Gasteiger partial charge in [0.1, 0.15) is 0 Å². The molecule has 90 valence electrons. The first kappa shape index (κ1) is 19.6. The second-order valence-corrected chi connectivity index (χ2v) is 3.41. The van der Waals surface area contributed by atoms with Crippen molar-refractivity contribution in [3.63, 3.8) is 0 Å². The van der Waals surface area contributed by atoms with Gasteiger partial charge in [-0.3, -0.25) is 0 Å². The lowest BCUT2D eigenvalue weighted by molar-refractivity contribution is 0.656.